The van der Waals surface area contributed by atoms with Crippen LogP contribution in [0.2, 0.25) is 0 Å². The zero-order valence-electron chi connectivity index (χ0n) is 9.59. The number of hydrogen-bond acceptors (Lipinski definition) is 4. The number of carbonyl (C=O) groups is 1. The lowest BCUT2D eigenvalue weighted by Crippen LogP contribution is -2.33. The van der Waals surface area contributed by atoms with Gasteiger partial charge in [0.1, 0.15) is 6.61 Å². The minimum atomic E-state index is -1.08. The van der Waals surface area contributed by atoms with Crippen molar-refractivity contribution in [1.29, 1.82) is 0 Å². The molecule has 1 rings (SSSR count). The second-order valence-corrected chi connectivity index (χ2v) is 3.87. The first-order valence-corrected chi connectivity index (χ1v) is 5.13. The molecule has 1 atom stereocenters. The van der Waals surface area contributed by atoms with Crippen LogP contribution in [-0.4, -0.2) is 42.7 Å². The fourth-order valence-corrected chi connectivity index (χ4v) is 1.25. The van der Waals surface area contributed by atoms with E-state index < -0.39 is 12.1 Å². The standard InChI is InChI=1S/C12H17NO3/c1-13(2)8-11(14)12(15)16-9-10-6-4-3-5-7-10/h3-7,11,14H,8-9H2,1-2H3. The molecule has 1 unspecified atom stereocenters. The SMILES string of the molecule is CN(C)CC(O)C(=O)OCc1ccccc1. The lowest BCUT2D eigenvalue weighted by Gasteiger charge is -2.14. The van der Waals surface area contributed by atoms with Crippen LogP contribution in [0, 0.1) is 0 Å². The zero-order valence-corrected chi connectivity index (χ0v) is 9.59. The molecule has 0 saturated heterocycles. The Kier molecular flexibility index (Phi) is 4.95. The van der Waals surface area contributed by atoms with E-state index in [-0.39, 0.29) is 13.2 Å². The molecule has 0 aliphatic rings. The van der Waals surface area contributed by atoms with Gasteiger partial charge in [-0.1, -0.05) is 30.3 Å². The van der Waals surface area contributed by atoms with Crippen LogP contribution in [0.15, 0.2) is 30.3 Å². The minimum absolute atomic E-state index is 0.199. The Hall–Kier alpha value is -1.39. The van der Waals surface area contributed by atoms with Gasteiger partial charge in [0.2, 0.25) is 0 Å². The third-order valence-electron chi connectivity index (χ3n) is 2.03. The number of carbonyl (C=O) groups excluding carboxylic acids is 1. The van der Waals surface area contributed by atoms with Crippen molar-refractivity contribution in [3.63, 3.8) is 0 Å². The molecule has 0 spiro atoms. The molecule has 4 heteroatoms. The highest BCUT2D eigenvalue weighted by molar-refractivity contribution is 5.74. The number of rotatable bonds is 5. The van der Waals surface area contributed by atoms with E-state index in [1.54, 1.807) is 19.0 Å². The molecule has 0 amide bonds. The summed E-state index contributed by atoms with van der Waals surface area (Å²) in [6, 6.07) is 9.38. The summed E-state index contributed by atoms with van der Waals surface area (Å²) in [5, 5.41) is 9.45. The summed E-state index contributed by atoms with van der Waals surface area (Å²) in [6.45, 7) is 0.470. The van der Waals surface area contributed by atoms with Gasteiger partial charge in [-0.3, -0.25) is 0 Å². The van der Waals surface area contributed by atoms with Crippen LogP contribution in [0.5, 0.6) is 0 Å². The van der Waals surface area contributed by atoms with Gasteiger partial charge in [-0.25, -0.2) is 4.79 Å². The molecule has 88 valence electrons. The molecule has 4 nitrogen and oxygen atoms in total. The van der Waals surface area contributed by atoms with Crippen LogP contribution < -0.4 is 0 Å². The van der Waals surface area contributed by atoms with E-state index in [0.29, 0.717) is 0 Å². The molecule has 0 saturated carbocycles. The third-order valence-corrected chi connectivity index (χ3v) is 2.03. The minimum Gasteiger partial charge on any atom is -0.459 e. The smallest absolute Gasteiger partial charge is 0.336 e. The zero-order chi connectivity index (χ0) is 12.0. The lowest BCUT2D eigenvalue weighted by molar-refractivity contribution is -0.155. The van der Waals surface area contributed by atoms with Gasteiger partial charge in [0.25, 0.3) is 0 Å². The molecule has 0 bridgehead atoms. The van der Waals surface area contributed by atoms with E-state index in [0.717, 1.165) is 5.56 Å². The maximum atomic E-state index is 11.4. The number of esters is 1. The van der Waals surface area contributed by atoms with Crippen molar-refractivity contribution < 1.29 is 14.6 Å². The van der Waals surface area contributed by atoms with Gasteiger partial charge in [0.05, 0.1) is 0 Å². The van der Waals surface area contributed by atoms with Crippen LogP contribution in [0.3, 0.4) is 0 Å². The topological polar surface area (TPSA) is 49.8 Å². The first kappa shape index (κ1) is 12.7. The van der Waals surface area contributed by atoms with Crippen molar-refractivity contribution in [3.05, 3.63) is 35.9 Å². The number of hydrogen-bond donors (Lipinski definition) is 1. The Labute approximate surface area is 95.5 Å². The third kappa shape index (κ3) is 4.42. The molecule has 1 N–H and O–H groups in total. The second-order valence-electron chi connectivity index (χ2n) is 3.87. The van der Waals surface area contributed by atoms with Crippen molar-refractivity contribution >= 4 is 5.97 Å². The van der Waals surface area contributed by atoms with Crippen LogP contribution >= 0.6 is 0 Å². The van der Waals surface area contributed by atoms with Gasteiger partial charge >= 0.3 is 5.97 Å². The normalized spacial score (nSPS) is 12.5. The van der Waals surface area contributed by atoms with E-state index in [1.807, 2.05) is 30.3 Å². The van der Waals surface area contributed by atoms with Gasteiger partial charge in [0, 0.05) is 6.54 Å². The first-order valence-electron chi connectivity index (χ1n) is 5.13. The average Bonchev–Trinajstić information content (AvgIpc) is 2.26. The van der Waals surface area contributed by atoms with Gasteiger partial charge in [-0.05, 0) is 19.7 Å². The van der Waals surface area contributed by atoms with Crippen molar-refractivity contribution in [1.82, 2.24) is 4.90 Å². The Balaban J connectivity index is 2.35. The molecular weight excluding hydrogens is 206 g/mol. The average molecular weight is 223 g/mol. The van der Waals surface area contributed by atoms with Gasteiger partial charge in [-0.2, -0.15) is 0 Å². The molecule has 0 aliphatic heterocycles. The quantitative estimate of drug-likeness (QED) is 0.745. The number of ether oxygens (including phenoxy) is 1. The predicted molar refractivity (Wildman–Crippen MR) is 60.8 cm³/mol. The van der Waals surface area contributed by atoms with Crippen molar-refractivity contribution in [3.8, 4) is 0 Å². The van der Waals surface area contributed by atoms with E-state index >= 15 is 0 Å². The molecule has 0 fully saturated rings. The number of aliphatic hydroxyl groups excluding tert-OH is 1. The molecule has 1 aromatic carbocycles. The van der Waals surface area contributed by atoms with E-state index in [9.17, 15) is 9.90 Å². The summed E-state index contributed by atoms with van der Waals surface area (Å²) in [7, 11) is 3.57. The summed E-state index contributed by atoms with van der Waals surface area (Å²) >= 11 is 0. The van der Waals surface area contributed by atoms with Gasteiger partial charge in [-0.15, -0.1) is 0 Å². The molecule has 0 radical (unpaired) electrons. The highest BCUT2D eigenvalue weighted by atomic mass is 16.5. The van der Waals surface area contributed by atoms with E-state index in [2.05, 4.69) is 0 Å². The molecule has 0 aliphatic carbocycles. The van der Waals surface area contributed by atoms with Gasteiger partial charge in [0.15, 0.2) is 6.10 Å². The molecular formula is C12H17NO3. The van der Waals surface area contributed by atoms with E-state index in [1.165, 1.54) is 0 Å². The first-order chi connectivity index (χ1) is 7.59. The van der Waals surface area contributed by atoms with Crippen LogP contribution in [0.1, 0.15) is 5.56 Å². The fraction of sp³-hybridized carbons (Fsp3) is 0.417. The largest absolute Gasteiger partial charge is 0.459 e. The van der Waals surface area contributed by atoms with Crippen molar-refractivity contribution in [2.45, 2.75) is 12.7 Å². The van der Waals surface area contributed by atoms with Crippen LogP contribution in [-0.2, 0) is 16.1 Å². The maximum absolute atomic E-state index is 11.4. The molecule has 0 aromatic heterocycles. The number of aliphatic hydroxyl groups is 1. The summed E-state index contributed by atoms with van der Waals surface area (Å²) in [5.41, 5.74) is 0.910. The summed E-state index contributed by atoms with van der Waals surface area (Å²) in [5.74, 6) is -0.586. The van der Waals surface area contributed by atoms with E-state index in [4.69, 9.17) is 4.74 Å². The maximum Gasteiger partial charge on any atom is 0.336 e. The molecule has 16 heavy (non-hydrogen) atoms. The Morgan fingerprint density at radius 2 is 2.00 bits per heavy atom. The molecule has 0 heterocycles. The monoisotopic (exact) mass is 223 g/mol. The highest BCUT2D eigenvalue weighted by Gasteiger charge is 2.17. The number of nitrogens with zero attached hydrogens (tertiary/aromatic N) is 1. The Bertz CT molecular complexity index is 324. The predicted octanol–water partition coefficient (Wildman–Crippen LogP) is 0.652. The fourth-order valence-electron chi connectivity index (χ4n) is 1.25. The number of benzene rings is 1. The summed E-state index contributed by atoms with van der Waals surface area (Å²) < 4.78 is 4.98. The van der Waals surface area contributed by atoms with Crippen molar-refractivity contribution in [2.24, 2.45) is 0 Å². The Morgan fingerprint density at radius 1 is 1.38 bits per heavy atom. The van der Waals surface area contributed by atoms with Gasteiger partial charge < -0.3 is 14.7 Å². The lowest BCUT2D eigenvalue weighted by atomic mass is 10.2. The van der Waals surface area contributed by atoms with Crippen LogP contribution in [0.4, 0.5) is 0 Å². The highest BCUT2D eigenvalue weighted by Crippen LogP contribution is 2.02. The summed E-state index contributed by atoms with van der Waals surface area (Å²) in [6.07, 6.45) is -1.08. The molecule has 1 aromatic rings. The number of likely N-dealkylation sites (N-methyl/N-ethyl adjacent to an activating group) is 1. The van der Waals surface area contributed by atoms with Crippen LogP contribution in [0.25, 0.3) is 0 Å². The second kappa shape index (κ2) is 6.25. The Morgan fingerprint density at radius 3 is 2.56 bits per heavy atom. The van der Waals surface area contributed by atoms with Crippen molar-refractivity contribution in [2.75, 3.05) is 20.6 Å². The summed E-state index contributed by atoms with van der Waals surface area (Å²) in [4.78, 5) is 13.1.